The number of hydrogen-bond donors (Lipinski definition) is 0. The van der Waals surface area contributed by atoms with Gasteiger partial charge in [-0.2, -0.15) is 0 Å². The van der Waals surface area contributed by atoms with E-state index in [1.54, 1.807) is 30.3 Å². The topological polar surface area (TPSA) is 60.9 Å². The molecule has 6 heteroatoms. The molecule has 1 saturated heterocycles. The first kappa shape index (κ1) is 21.5. The quantitative estimate of drug-likeness (QED) is 0.500. The number of hydrogen-bond acceptors (Lipinski definition) is 4. The van der Waals surface area contributed by atoms with Crippen LogP contribution >= 0.6 is 0 Å². The number of rotatable bonds is 8. The monoisotopic (exact) mass is 405 g/mol. The molecule has 6 nitrogen and oxygen atoms in total. The number of likely N-dealkylation sites (N-methyl/N-ethyl adjacent to an activating group) is 1. The molecule has 0 bridgehead atoms. The molecule has 1 fully saturated rings. The lowest BCUT2D eigenvalue weighted by atomic mass is 9.73. The molecular weight excluding hydrogens is 378 g/mol. The lowest BCUT2D eigenvalue weighted by Crippen LogP contribution is -2.67. The summed E-state index contributed by atoms with van der Waals surface area (Å²) < 4.78 is 0. The first-order valence-corrected chi connectivity index (χ1v) is 9.94. The first-order chi connectivity index (χ1) is 14.4. The number of urea groups is 1. The van der Waals surface area contributed by atoms with E-state index in [1.165, 1.54) is 9.80 Å². The second kappa shape index (κ2) is 9.05. The van der Waals surface area contributed by atoms with E-state index in [-0.39, 0.29) is 19.5 Å². The second-order valence-electron chi connectivity index (χ2n) is 7.68. The number of barbiturate groups is 1. The van der Waals surface area contributed by atoms with Crippen LogP contribution in [0.5, 0.6) is 0 Å². The van der Waals surface area contributed by atoms with Gasteiger partial charge in [-0.15, -0.1) is 6.58 Å². The average Bonchev–Trinajstić information content (AvgIpc) is 2.75. The van der Waals surface area contributed by atoms with Gasteiger partial charge >= 0.3 is 6.03 Å². The maximum atomic E-state index is 13.7. The maximum Gasteiger partial charge on any atom is 0.333 e. The minimum absolute atomic E-state index is 0.107. The number of carbonyl (C=O) groups excluding carboxylic acids is 3. The third kappa shape index (κ3) is 3.91. The molecule has 2 aromatic carbocycles. The zero-order valence-electron chi connectivity index (χ0n) is 17.5. The smallest absolute Gasteiger partial charge is 0.308 e. The van der Waals surface area contributed by atoms with E-state index in [4.69, 9.17) is 0 Å². The molecule has 3 rings (SSSR count). The number of benzene rings is 2. The Morgan fingerprint density at radius 3 is 2.03 bits per heavy atom. The molecule has 0 radical (unpaired) electrons. The molecule has 0 spiro atoms. The maximum absolute atomic E-state index is 13.7. The molecule has 0 saturated carbocycles. The Morgan fingerprint density at radius 2 is 1.47 bits per heavy atom. The van der Waals surface area contributed by atoms with Crippen molar-refractivity contribution in [3.63, 3.8) is 0 Å². The average molecular weight is 405 g/mol. The summed E-state index contributed by atoms with van der Waals surface area (Å²) in [5.41, 5.74) is -0.111. The molecule has 4 amide bonds. The number of carbonyl (C=O) groups is 3. The number of nitrogens with zero attached hydrogens (tertiary/aromatic N) is 3. The standard InChI is InChI=1S/C24H27N3O3/c1-4-15-24(20-13-9-6-10-14-20)21(28)26(17-16-25(2)3)23(30)27(22(24)29)18-19-11-7-5-8-12-19/h4-14H,1,15-18H2,2-3H3. The molecule has 1 aliphatic rings. The van der Waals surface area contributed by atoms with Crippen LogP contribution in [0.3, 0.4) is 0 Å². The van der Waals surface area contributed by atoms with Crippen molar-refractivity contribution in [2.45, 2.75) is 18.4 Å². The lowest BCUT2D eigenvalue weighted by Gasteiger charge is -2.44. The van der Waals surface area contributed by atoms with Crippen LogP contribution in [0.15, 0.2) is 73.3 Å². The van der Waals surface area contributed by atoms with E-state index in [2.05, 4.69) is 6.58 Å². The molecule has 156 valence electrons. The molecule has 1 heterocycles. The molecule has 2 aromatic rings. The van der Waals surface area contributed by atoms with E-state index >= 15 is 0 Å². The predicted molar refractivity (Wildman–Crippen MR) is 116 cm³/mol. The summed E-state index contributed by atoms with van der Waals surface area (Å²) in [5.74, 6) is -0.997. The van der Waals surface area contributed by atoms with E-state index in [9.17, 15) is 14.4 Å². The normalized spacial score (nSPS) is 19.5. The van der Waals surface area contributed by atoms with Gasteiger partial charge in [-0.05, 0) is 31.6 Å². The molecule has 0 aromatic heterocycles. The van der Waals surface area contributed by atoms with Crippen LogP contribution in [0.25, 0.3) is 0 Å². The minimum atomic E-state index is -1.50. The SMILES string of the molecule is C=CCC1(c2ccccc2)C(=O)N(CCN(C)C)C(=O)N(Cc2ccccc2)C1=O. The van der Waals surface area contributed by atoms with Gasteiger partial charge in [0.1, 0.15) is 0 Å². The van der Waals surface area contributed by atoms with Crippen LogP contribution in [-0.4, -0.2) is 59.7 Å². The Labute approximate surface area is 177 Å². The summed E-state index contributed by atoms with van der Waals surface area (Å²) >= 11 is 0. The van der Waals surface area contributed by atoms with Crippen molar-refractivity contribution in [3.8, 4) is 0 Å². The fourth-order valence-electron chi connectivity index (χ4n) is 3.75. The van der Waals surface area contributed by atoms with E-state index in [0.717, 1.165) is 5.56 Å². The van der Waals surface area contributed by atoms with Crippen LogP contribution < -0.4 is 0 Å². The number of amides is 4. The summed E-state index contributed by atoms with van der Waals surface area (Å²) in [7, 11) is 3.75. The largest absolute Gasteiger partial charge is 0.333 e. The highest BCUT2D eigenvalue weighted by Gasteiger charge is 2.57. The highest BCUT2D eigenvalue weighted by molar-refractivity contribution is 6.22. The first-order valence-electron chi connectivity index (χ1n) is 9.94. The van der Waals surface area contributed by atoms with Crippen molar-refractivity contribution in [2.75, 3.05) is 27.2 Å². The van der Waals surface area contributed by atoms with E-state index in [0.29, 0.717) is 12.1 Å². The summed E-state index contributed by atoms with van der Waals surface area (Å²) in [5, 5.41) is 0. The second-order valence-corrected chi connectivity index (χ2v) is 7.68. The van der Waals surface area contributed by atoms with E-state index in [1.807, 2.05) is 55.4 Å². The third-order valence-electron chi connectivity index (χ3n) is 5.35. The van der Waals surface area contributed by atoms with Gasteiger partial charge in [0.15, 0.2) is 5.41 Å². The van der Waals surface area contributed by atoms with Crippen molar-refractivity contribution < 1.29 is 14.4 Å². The number of allylic oxidation sites excluding steroid dienone is 1. The summed E-state index contributed by atoms with van der Waals surface area (Å²) in [6.07, 6.45) is 1.69. The Hall–Kier alpha value is -3.25. The van der Waals surface area contributed by atoms with Crippen molar-refractivity contribution in [2.24, 2.45) is 0 Å². The zero-order valence-corrected chi connectivity index (χ0v) is 17.5. The van der Waals surface area contributed by atoms with Crippen LogP contribution in [0.1, 0.15) is 17.5 Å². The summed E-state index contributed by atoms with van der Waals surface area (Å²) in [6.45, 7) is 4.60. The summed E-state index contributed by atoms with van der Waals surface area (Å²) in [4.78, 5) is 45.0. The fraction of sp³-hybridized carbons (Fsp3) is 0.292. The van der Waals surface area contributed by atoms with Gasteiger partial charge in [0.25, 0.3) is 11.8 Å². The molecule has 1 unspecified atom stereocenters. The van der Waals surface area contributed by atoms with Gasteiger partial charge in [-0.1, -0.05) is 66.7 Å². The highest BCUT2D eigenvalue weighted by Crippen LogP contribution is 2.37. The molecule has 0 aliphatic carbocycles. The van der Waals surface area contributed by atoms with Crippen LogP contribution in [0.2, 0.25) is 0 Å². The summed E-state index contributed by atoms with van der Waals surface area (Å²) in [6, 6.07) is 17.7. The van der Waals surface area contributed by atoms with Crippen molar-refractivity contribution in [1.82, 2.24) is 14.7 Å². The molecular formula is C24H27N3O3. The van der Waals surface area contributed by atoms with Gasteiger partial charge in [-0.3, -0.25) is 19.4 Å². The van der Waals surface area contributed by atoms with Gasteiger partial charge in [0.05, 0.1) is 6.54 Å². The van der Waals surface area contributed by atoms with Crippen LogP contribution in [-0.2, 0) is 21.5 Å². The van der Waals surface area contributed by atoms with E-state index < -0.39 is 23.3 Å². The lowest BCUT2D eigenvalue weighted by molar-refractivity contribution is -0.152. The van der Waals surface area contributed by atoms with Crippen molar-refractivity contribution in [3.05, 3.63) is 84.4 Å². The van der Waals surface area contributed by atoms with Gasteiger partial charge < -0.3 is 4.90 Å². The molecule has 1 atom stereocenters. The van der Waals surface area contributed by atoms with Crippen molar-refractivity contribution in [1.29, 1.82) is 0 Å². The molecule has 0 N–H and O–H groups in total. The zero-order chi connectivity index (χ0) is 21.7. The molecule has 1 aliphatic heterocycles. The van der Waals surface area contributed by atoms with Gasteiger partial charge in [0, 0.05) is 13.1 Å². The minimum Gasteiger partial charge on any atom is -0.308 e. The third-order valence-corrected chi connectivity index (χ3v) is 5.35. The Bertz CT molecular complexity index is 927. The Balaban J connectivity index is 2.11. The molecule has 30 heavy (non-hydrogen) atoms. The predicted octanol–water partition coefficient (Wildman–Crippen LogP) is 3.05. The fourth-order valence-corrected chi connectivity index (χ4v) is 3.75. The van der Waals surface area contributed by atoms with Gasteiger partial charge in [-0.25, -0.2) is 4.79 Å². The highest BCUT2D eigenvalue weighted by atomic mass is 16.2. The van der Waals surface area contributed by atoms with Gasteiger partial charge in [0.2, 0.25) is 0 Å². The Kier molecular flexibility index (Phi) is 6.47. The van der Waals surface area contributed by atoms with Crippen molar-refractivity contribution >= 4 is 17.8 Å². The Morgan fingerprint density at radius 1 is 0.900 bits per heavy atom. The van der Waals surface area contributed by atoms with Crippen LogP contribution in [0, 0.1) is 0 Å². The number of imide groups is 2. The van der Waals surface area contributed by atoms with Crippen LogP contribution in [0.4, 0.5) is 4.79 Å².